The lowest BCUT2D eigenvalue weighted by molar-refractivity contribution is -0.131. The van der Waals surface area contributed by atoms with Gasteiger partial charge in [-0.2, -0.15) is 0 Å². The summed E-state index contributed by atoms with van der Waals surface area (Å²) in [5, 5.41) is 9.25. The van der Waals surface area contributed by atoms with Crippen LogP contribution in [0, 0.1) is 0 Å². The van der Waals surface area contributed by atoms with E-state index in [2.05, 4.69) is 0 Å². The minimum atomic E-state index is -0.493. The van der Waals surface area contributed by atoms with Crippen molar-refractivity contribution in [3.05, 3.63) is 29.8 Å². The van der Waals surface area contributed by atoms with Crippen LogP contribution in [0.15, 0.2) is 24.3 Å². The number of rotatable bonds is 3. The van der Waals surface area contributed by atoms with Crippen molar-refractivity contribution in [2.45, 2.75) is 19.5 Å². The first kappa shape index (κ1) is 11.5. The van der Waals surface area contributed by atoms with Crippen molar-refractivity contribution in [1.82, 2.24) is 4.90 Å². The lowest BCUT2D eigenvalue weighted by atomic mass is 10.2. The van der Waals surface area contributed by atoms with Crippen LogP contribution in [-0.4, -0.2) is 29.0 Å². The maximum atomic E-state index is 11.5. The first-order valence-corrected chi connectivity index (χ1v) is 4.79. The fourth-order valence-corrected chi connectivity index (χ4v) is 1.35. The van der Waals surface area contributed by atoms with E-state index in [1.807, 2.05) is 6.07 Å². The minimum Gasteiger partial charge on any atom is -0.508 e. The van der Waals surface area contributed by atoms with Crippen LogP contribution in [-0.2, 0) is 11.3 Å². The number of carbonyl (C=O) groups excluding carboxylic acids is 1. The molecule has 0 spiro atoms. The Morgan fingerprint density at radius 1 is 1.60 bits per heavy atom. The van der Waals surface area contributed by atoms with Gasteiger partial charge in [0.1, 0.15) is 5.75 Å². The van der Waals surface area contributed by atoms with Gasteiger partial charge in [-0.15, -0.1) is 0 Å². The zero-order valence-corrected chi connectivity index (χ0v) is 8.97. The molecule has 0 saturated heterocycles. The largest absolute Gasteiger partial charge is 0.508 e. The molecule has 82 valence electrons. The zero-order valence-electron chi connectivity index (χ0n) is 8.97. The number of phenolic OH excluding ortho intramolecular Hbond substituents is 1. The highest BCUT2D eigenvalue weighted by atomic mass is 16.3. The summed E-state index contributed by atoms with van der Waals surface area (Å²) in [7, 11) is 1.69. The van der Waals surface area contributed by atoms with E-state index in [1.165, 1.54) is 0 Å². The molecule has 1 amide bonds. The Kier molecular flexibility index (Phi) is 3.68. The molecule has 1 aromatic carbocycles. The normalized spacial score (nSPS) is 12.2. The van der Waals surface area contributed by atoms with E-state index in [4.69, 9.17) is 5.73 Å². The van der Waals surface area contributed by atoms with Gasteiger partial charge in [-0.1, -0.05) is 12.1 Å². The number of hydrogen-bond donors (Lipinski definition) is 2. The Hall–Kier alpha value is -1.55. The number of benzene rings is 1. The molecule has 0 radical (unpaired) electrons. The number of aromatic hydroxyl groups is 1. The third kappa shape index (κ3) is 3.25. The molecule has 0 aliphatic heterocycles. The number of carbonyl (C=O) groups is 1. The van der Waals surface area contributed by atoms with Crippen LogP contribution in [0.2, 0.25) is 0 Å². The minimum absolute atomic E-state index is 0.113. The van der Waals surface area contributed by atoms with Crippen LogP contribution in [0.4, 0.5) is 0 Å². The fraction of sp³-hybridized carbons (Fsp3) is 0.364. The summed E-state index contributed by atoms with van der Waals surface area (Å²) >= 11 is 0. The summed E-state index contributed by atoms with van der Waals surface area (Å²) in [6, 6.07) is 6.33. The monoisotopic (exact) mass is 208 g/mol. The third-order valence-corrected chi connectivity index (χ3v) is 2.10. The Balaban J connectivity index is 2.66. The first-order valence-electron chi connectivity index (χ1n) is 4.79. The Morgan fingerprint density at radius 3 is 2.80 bits per heavy atom. The number of hydrogen-bond acceptors (Lipinski definition) is 3. The van der Waals surface area contributed by atoms with E-state index in [9.17, 15) is 9.90 Å². The number of nitrogens with two attached hydrogens (primary N) is 1. The summed E-state index contributed by atoms with van der Waals surface area (Å²) in [5.74, 6) is 0.0903. The molecule has 0 heterocycles. The molecular weight excluding hydrogens is 192 g/mol. The lowest BCUT2D eigenvalue weighted by Gasteiger charge is -2.19. The maximum absolute atomic E-state index is 11.5. The number of amides is 1. The van der Waals surface area contributed by atoms with Gasteiger partial charge in [-0.05, 0) is 24.6 Å². The summed E-state index contributed by atoms with van der Waals surface area (Å²) in [4.78, 5) is 13.0. The van der Waals surface area contributed by atoms with Crippen LogP contribution in [0.3, 0.4) is 0 Å². The summed E-state index contributed by atoms with van der Waals surface area (Å²) in [6.45, 7) is 2.11. The van der Waals surface area contributed by atoms with Crippen LogP contribution in [0.5, 0.6) is 5.75 Å². The predicted octanol–water partition coefficient (Wildman–Crippen LogP) is 0.698. The van der Waals surface area contributed by atoms with Gasteiger partial charge >= 0.3 is 0 Å². The molecule has 0 aliphatic carbocycles. The van der Waals surface area contributed by atoms with Gasteiger partial charge in [-0.3, -0.25) is 4.79 Å². The molecule has 4 nitrogen and oxygen atoms in total. The Bertz CT molecular complexity index is 350. The third-order valence-electron chi connectivity index (χ3n) is 2.10. The molecule has 0 aliphatic rings. The van der Waals surface area contributed by atoms with Gasteiger partial charge in [0.15, 0.2) is 0 Å². The molecule has 0 fully saturated rings. The van der Waals surface area contributed by atoms with Gasteiger partial charge in [-0.25, -0.2) is 0 Å². The number of likely N-dealkylation sites (N-methyl/N-ethyl adjacent to an activating group) is 1. The van der Waals surface area contributed by atoms with Crippen molar-refractivity contribution in [3.8, 4) is 5.75 Å². The lowest BCUT2D eigenvalue weighted by Crippen LogP contribution is -2.39. The van der Waals surface area contributed by atoms with Crippen LogP contribution in [0.25, 0.3) is 0 Å². The van der Waals surface area contributed by atoms with E-state index in [1.54, 1.807) is 37.1 Å². The SMILES string of the molecule is C[C@@H](N)C(=O)N(C)Cc1cccc(O)c1. The maximum Gasteiger partial charge on any atom is 0.239 e. The summed E-state index contributed by atoms with van der Waals surface area (Å²) in [5.41, 5.74) is 6.36. The van der Waals surface area contributed by atoms with E-state index in [-0.39, 0.29) is 11.7 Å². The fourth-order valence-electron chi connectivity index (χ4n) is 1.35. The highest BCUT2D eigenvalue weighted by Gasteiger charge is 2.13. The van der Waals surface area contributed by atoms with E-state index in [0.29, 0.717) is 6.54 Å². The van der Waals surface area contributed by atoms with Crippen molar-refractivity contribution >= 4 is 5.91 Å². The predicted molar refractivity (Wildman–Crippen MR) is 58.2 cm³/mol. The molecule has 0 aromatic heterocycles. The second-order valence-corrected chi connectivity index (χ2v) is 3.65. The molecule has 0 unspecified atom stereocenters. The Labute approximate surface area is 89.3 Å². The topological polar surface area (TPSA) is 66.6 Å². The molecule has 1 atom stereocenters. The average molecular weight is 208 g/mol. The Morgan fingerprint density at radius 2 is 2.27 bits per heavy atom. The molecule has 15 heavy (non-hydrogen) atoms. The summed E-state index contributed by atoms with van der Waals surface area (Å²) in [6.07, 6.45) is 0. The quantitative estimate of drug-likeness (QED) is 0.768. The van der Waals surface area contributed by atoms with Crippen LogP contribution < -0.4 is 5.73 Å². The average Bonchev–Trinajstić information content (AvgIpc) is 2.16. The molecule has 4 heteroatoms. The highest BCUT2D eigenvalue weighted by molar-refractivity contribution is 5.80. The van der Waals surface area contributed by atoms with Gasteiger partial charge < -0.3 is 15.7 Å². The van der Waals surface area contributed by atoms with Crippen molar-refractivity contribution < 1.29 is 9.90 Å². The van der Waals surface area contributed by atoms with Crippen LogP contribution >= 0.6 is 0 Å². The van der Waals surface area contributed by atoms with Gasteiger partial charge in [0.25, 0.3) is 0 Å². The summed E-state index contributed by atoms with van der Waals surface area (Å²) < 4.78 is 0. The van der Waals surface area contributed by atoms with Crippen molar-refractivity contribution in [3.63, 3.8) is 0 Å². The first-order chi connectivity index (χ1) is 7.00. The van der Waals surface area contributed by atoms with E-state index in [0.717, 1.165) is 5.56 Å². The van der Waals surface area contributed by atoms with Crippen molar-refractivity contribution in [1.29, 1.82) is 0 Å². The number of nitrogens with zero attached hydrogens (tertiary/aromatic N) is 1. The molecule has 1 rings (SSSR count). The van der Waals surface area contributed by atoms with Gasteiger partial charge in [0.05, 0.1) is 6.04 Å². The van der Waals surface area contributed by atoms with Crippen molar-refractivity contribution in [2.24, 2.45) is 5.73 Å². The second kappa shape index (κ2) is 4.79. The van der Waals surface area contributed by atoms with Gasteiger partial charge in [0.2, 0.25) is 5.91 Å². The van der Waals surface area contributed by atoms with E-state index < -0.39 is 6.04 Å². The molecule has 1 aromatic rings. The highest BCUT2D eigenvalue weighted by Crippen LogP contribution is 2.12. The molecular formula is C11H16N2O2. The van der Waals surface area contributed by atoms with E-state index >= 15 is 0 Å². The van der Waals surface area contributed by atoms with Crippen LogP contribution in [0.1, 0.15) is 12.5 Å². The smallest absolute Gasteiger partial charge is 0.239 e. The van der Waals surface area contributed by atoms with Gasteiger partial charge in [0, 0.05) is 13.6 Å². The zero-order chi connectivity index (χ0) is 11.4. The van der Waals surface area contributed by atoms with Crippen molar-refractivity contribution in [2.75, 3.05) is 7.05 Å². The molecule has 3 N–H and O–H groups in total. The molecule has 0 bridgehead atoms. The standard InChI is InChI=1S/C11H16N2O2/c1-8(12)11(15)13(2)7-9-4-3-5-10(14)6-9/h3-6,8,14H,7,12H2,1-2H3/t8-/m1/s1. The second-order valence-electron chi connectivity index (χ2n) is 3.65. The molecule has 0 saturated carbocycles. The number of phenols is 1.